The molecular formula is C28H34IN6O9P. The number of anilines is 1. The highest BCUT2D eigenvalue weighted by Gasteiger charge is 2.55. The Labute approximate surface area is 271 Å². The number of methoxy groups -OCH3 is 1. The second-order valence-electron chi connectivity index (χ2n) is 10.7. The first-order valence-corrected chi connectivity index (χ1v) is 16.7. The first-order valence-electron chi connectivity index (χ1n) is 14.1. The molecular weight excluding hydrogens is 722 g/mol. The molecule has 2 aromatic heterocycles. The molecule has 0 spiro atoms. The number of carbonyl (C=O) groups is 1. The van der Waals surface area contributed by atoms with Crippen LogP contribution in [0.5, 0.6) is 11.6 Å². The van der Waals surface area contributed by atoms with Gasteiger partial charge in [-0.1, -0.05) is 56.2 Å². The number of carboxylic acids is 1. The van der Waals surface area contributed by atoms with E-state index in [0.29, 0.717) is 22.1 Å². The lowest BCUT2D eigenvalue weighted by molar-refractivity contribution is -0.139. The minimum Gasteiger partial charge on any atom is -0.480 e. The molecule has 1 unspecified atom stereocenters. The molecule has 1 saturated heterocycles. The fraction of sp³-hybridized carbons (Fsp3) is 0.429. The molecule has 2 aromatic carbocycles. The van der Waals surface area contributed by atoms with E-state index in [1.807, 2.05) is 47.7 Å². The number of nitrogens with zero attached hydrogens (tertiary/aromatic N) is 4. The number of nitrogens with two attached hydrogens (primary N) is 1. The predicted octanol–water partition coefficient (Wildman–Crippen LogP) is 3.62. The Balaban J connectivity index is 1.45. The van der Waals surface area contributed by atoms with Crippen molar-refractivity contribution in [3.63, 3.8) is 0 Å². The minimum atomic E-state index is -4.44. The predicted molar refractivity (Wildman–Crippen MR) is 172 cm³/mol. The molecule has 5 rings (SSSR count). The zero-order valence-electron chi connectivity index (χ0n) is 24.7. The molecule has 4 aromatic rings. The molecule has 0 radical (unpaired) electrons. The number of hydrogen-bond acceptors (Lipinski definition) is 12. The van der Waals surface area contributed by atoms with E-state index in [1.54, 1.807) is 24.3 Å². The number of nitrogen functional groups attached to an aromatic ring is 1. The fourth-order valence-corrected chi connectivity index (χ4v) is 7.44. The van der Waals surface area contributed by atoms with Gasteiger partial charge in [-0.25, -0.2) is 9.55 Å². The Bertz CT molecular complexity index is 1750. The smallest absolute Gasteiger partial charge is 0.459 e. The maximum Gasteiger partial charge on any atom is 0.459 e. The number of halogens is 1. The summed E-state index contributed by atoms with van der Waals surface area (Å²) in [4.78, 5) is 24.8. The Morgan fingerprint density at radius 3 is 2.69 bits per heavy atom. The summed E-state index contributed by atoms with van der Waals surface area (Å²) in [6.07, 6.45) is -2.63. The van der Waals surface area contributed by atoms with Crippen LogP contribution in [0.4, 0.5) is 5.95 Å². The van der Waals surface area contributed by atoms with E-state index in [1.165, 1.54) is 18.6 Å². The Morgan fingerprint density at radius 1 is 1.24 bits per heavy atom. The number of imidazole rings is 1. The number of fused-ring (bicyclic) bond motifs is 2. The van der Waals surface area contributed by atoms with Gasteiger partial charge < -0.3 is 35.1 Å². The van der Waals surface area contributed by atoms with E-state index in [0.717, 1.165) is 5.39 Å². The van der Waals surface area contributed by atoms with Gasteiger partial charge in [-0.15, -0.1) is 0 Å². The summed E-state index contributed by atoms with van der Waals surface area (Å²) in [5.41, 5.74) is 4.40. The maximum atomic E-state index is 14.3. The van der Waals surface area contributed by atoms with Crippen LogP contribution >= 0.6 is 30.3 Å². The number of nitrogens with one attached hydrogen (secondary N) is 1. The standard InChI is InChI=1S/C28H34IN6O9P/c1-4-5-12-17(24(37)38)34-45(40,44-18-13-8-10-15-9-6-7-11-16(15)18)42-14-19-21(36)28(2,39)25(43-19)35-22-20(31-26(35)29)23(41-3)33-27(30)32-22/h6-11,13,17,19,21,25,36,39H,4-5,12,14H2,1-3H3,(H,34,40)(H,37,38)(H2,30,32,33)/t17-,19+,21+,25+,28+,45?/m0/s1. The molecule has 1 aliphatic rings. The molecule has 3 heterocycles. The van der Waals surface area contributed by atoms with Crippen LogP contribution in [-0.2, 0) is 18.6 Å². The van der Waals surface area contributed by atoms with Crippen molar-refractivity contribution in [3.8, 4) is 11.6 Å². The van der Waals surface area contributed by atoms with Crippen LogP contribution in [0.2, 0.25) is 0 Å². The van der Waals surface area contributed by atoms with Gasteiger partial charge in [0.05, 0.1) is 13.7 Å². The fourth-order valence-electron chi connectivity index (χ4n) is 5.15. The largest absolute Gasteiger partial charge is 0.480 e. The number of unbranched alkanes of at least 4 members (excludes halogenated alkanes) is 1. The van der Waals surface area contributed by atoms with Crippen molar-refractivity contribution in [3.05, 3.63) is 46.3 Å². The Hall–Kier alpha value is -3.12. The van der Waals surface area contributed by atoms with Gasteiger partial charge in [0.1, 0.15) is 29.6 Å². The van der Waals surface area contributed by atoms with Crippen LogP contribution in [-0.4, -0.2) is 78.4 Å². The second-order valence-corrected chi connectivity index (χ2v) is 13.4. The molecule has 1 fully saturated rings. The van der Waals surface area contributed by atoms with Gasteiger partial charge >= 0.3 is 13.7 Å². The Kier molecular flexibility index (Phi) is 9.84. The third-order valence-corrected chi connectivity index (χ3v) is 9.81. The van der Waals surface area contributed by atoms with Crippen molar-refractivity contribution in [1.29, 1.82) is 0 Å². The van der Waals surface area contributed by atoms with Gasteiger partial charge in [-0.3, -0.25) is 13.9 Å². The summed E-state index contributed by atoms with van der Waals surface area (Å²) in [5, 5.41) is 36.5. The lowest BCUT2D eigenvalue weighted by atomic mass is 9.96. The number of ether oxygens (including phenoxy) is 2. The highest BCUT2D eigenvalue weighted by Crippen LogP contribution is 2.49. The first kappa shape index (κ1) is 33.2. The Morgan fingerprint density at radius 2 is 1.98 bits per heavy atom. The van der Waals surface area contributed by atoms with Gasteiger partial charge in [0.15, 0.2) is 21.2 Å². The van der Waals surface area contributed by atoms with E-state index in [2.05, 4.69) is 20.0 Å². The highest BCUT2D eigenvalue weighted by atomic mass is 127. The zero-order chi connectivity index (χ0) is 32.5. The van der Waals surface area contributed by atoms with Crippen LogP contribution in [0, 0.1) is 3.83 Å². The van der Waals surface area contributed by atoms with Crippen LogP contribution in [0.25, 0.3) is 21.9 Å². The van der Waals surface area contributed by atoms with Gasteiger partial charge in [-0.2, -0.15) is 15.1 Å². The van der Waals surface area contributed by atoms with Crippen molar-refractivity contribution in [2.45, 2.75) is 63.2 Å². The van der Waals surface area contributed by atoms with Gasteiger partial charge in [0.25, 0.3) is 0 Å². The lowest BCUT2D eigenvalue weighted by Gasteiger charge is -2.28. The molecule has 0 saturated carbocycles. The van der Waals surface area contributed by atoms with Crippen molar-refractivity contribution in [2.24, 2.45) is 0 Å². The molecule has 45 heavy (non-hydrogen) atoms. The third kappa shape index (κ3) is 6.72. The normalized spacial score (nSPS) is 23.6. The monoisotopic (exact) mass is 756 g/mol. The number of rotatable bonds is 13. The number of aliphatic hydroxyl groups excluding tert-OH is 1. The van der Waals surface area contributed by atoms with E-state index >= 15 is 0 Å². The van der Waals surface area contributed by atoms with E-state index in [4.69, 9.17) is 24.3 Å². The maximum absolute atomic E-state index is 14.3. The molecule has 0 aliphatic carbocycles. The van der Waals surface area contributed by atoms with Crippen LogP contribution < -0.4 is 20.1 Å². The summed E-state index contributed by atoms with van der Waals surface area (Å²) in [6, 6.07) is 11.2. The second kappa shape index (κ2) is 13.3. The van der Waals surface area contributed by atoms with E-state index in [-0.39, 0.29) is 35.2 Å². The van der Waals surface area contributed by atoms with Crippen molar-refractivity contribution in [2.75, 3.05) is 19.5 Å². The van der Waals surface area contributed by atoms with Gasteiger partial charge in [0.2, 0.25) is 11.8 Å². The summed E-state index contributed by atoms with van der Waals surface area (Å²) in [7, 11) is -3.04. The first-order chi connectivity index (χ1) is 21.4. The molecule has 6 N–H and O–H groups in total. The number of benzene rings is 2. The highest BCUT2D eigenvalue weighted by molar-refractivity contribution is 14.1. The molecule has 0 bridgehead atoms. The number of aromatic nitrogens is 4. The molecule has 6 atom stereocenters. The number of aliphatic carboxylic acids is 1. The molecule has 17 heteroatoms. The van der Waals surface area contributed by atoms with Crippen molar-refractivity contribution in [1.82, 2.24) is 24.6 Å². The van der Waals surface area contributed by atoms with Crippen LogP contribution in [0.3, 0.4) is 0 Å². The topological polar surface area (TPSA) is 213 Å². The van der Waals surface area contributed by atoms with Gasteiger partial charge in [0, 0.05) is 28.0 Å². The summed E-state index contributed by atoms with van der Waals surface area (Å²) < 4.78 is 39.2. The number of aliphatic hydroxyl groups is 2. The number of carboxylic acid groups (broad SMARTS) is 1. The molecule has 0 amide bonds. The van der Waals surface area contributed by atoms with Crippen LogP contribution in [0.1, 0.15) is 39.3 Å². The van der Waals surface area contributed by atoms with Crippen molar-refractivity contribution >= 4 is 64.2 Å². The average Bonchev–Trinajstić information content (AvgIpc) is 3.44. The summed E-state index contributed by atoms with van der Waals surface area (Å²) in [6.45, 7) is 2.72. The van der Waals surface area contributed by atoms with Gasteiger partial charge in [-0.05, 0) is 24.8 Å². The summed E-state index contributed by atoms with van der Waals surface area (Å²) in [5.74, 6) is -1.02. The molecule has 15 nitrogen and oxygen atoms in total. The van der Waals surface area contributed by atoms with Crippen LogP contribution in [0.15, 0.2) is 42.5 Å². The zero-order valence-corrected chi connectivity index (χ0v) is 27.7. The quantitative estimate of drug-likeness (QED) is 0.0749. The molecule has 1 aliphatic heterocycles. The lowest BCUT2D eigenvalue weighted by Crippen LogP contribution is -2.45. The average molecular weight is 756 g/mol. The molecule has 242 valence electrons. The summed E-state index contributed by atoms with van der Waals surface area (Å²) >= 11 is 1.92. The number of hydrogen-bond donors (Lipinski definition) is 5. The third-order valence-electron chi connectivity index (χ3n) is 7.50. The van der Waals surface area contributed by atoms with Crippen molar-refractivity contribution < 1.29 is 43.2 Å². The van der Waals surface area contributed by atoms with E-state index < -0.39 is 50.4 Å². The SMILES string of the molecule is CCCC[C@H](NP(=O)(OC[C@H]1O[C@@H](n2c(I)nc3c(OC)nc(N)nc32)[C@](C)(O)[C@@H]1O)Oc1cccc2ccccc12)C(=O)O. The minimum absolute atomic E-state index is 0.108. The van der Waals surface area contributed by atoms with E-state index in [9.17, 15) is 24.7 Å².